The minimum absolute atomic E-state index is 0.407. The molecule has 0 N–H and O–H groups in total. The van der Waals surface area contributed by atoms with Crippen LogP contribution in [-0.4, -0.2) is 27.0 Å². The maximum atomic E-state index is 6.11. The van der Waals surface area contributed by atoms with Crippen LogP contribution in [0.2, 0.25) is 5.02 Å². The van der Waals surface area contributed by atoms with Crippen LogP contribution in [0, 0.1) is 13.8 Å². The number of nitrogens with zero attached hydrogens (tertiary/aromatic N) is 4. The summed E-state index contributed by atoms with van der Waals surface area (Å²) in [7, 11) is 1.59. The van der Waals surface area contributed by atoms with Crippen molar-refractivity contribution in [2.45, 2.75) is 13.8 Å². The number of halogens is 1. The Morgan fingerprint density at radius 2 is 1.85 bits per heavy atom. The third-order valence-electron chi connectivity index (χ3n) is 4.33. The SMILES string of the molecule is COc1ccc(Cl)cc1-c1noc(-c2c(C)nn(-c3ccccc3)c2C)n1. The van der Waals surface area contributed by atoms with Crippen molar-refractivity contribution >= 4 is 11.6 Å². The maximum Gasteiger partial charge on any atom is 0.262 e. The fraction of sp³-hybridized carbons (Fsp3) is 0.150. The lowest BCUT2D eigenvalue weighted by atomic mass is 10.1. The van der Waals surface area contributed by atoms with Crippen molar-refractivity contribution in [2.24, 2.45) is 0 Å². The summed E-state index contributed by atoms with van der Waals surface area (Å²) in [6.07, 6.45) is 0. The molecule has 0 spiro atoms. The highest BCUT2D eigenvalue weighted by atomic mass is 35.5. The summed E-state index contributed by atoms with van der Waals surface area (Å²) >= 11 is 6.11. The third kappa shape index (κ3) is 3.08. The van der Waals surface area contributed by atoms with E-state index < -0.39 is 0 Å². The number of rotatable bonds is 4. The lowest BCUT2D eigenvalue weighted by Crippen LogP contribution is -1.98. The van der Waals surface area contributed by atoms with E-state index in [9.17, 15) is 0 Å². The Labute approximate surface area is 161 Å². The van der Waals surface area contributed by atoms with Gasteiger partial charge in [0.15, 0.2) is 0 Å². The summed E-state index contributed by atoms with van der Waals surface area (Å²) in [5, 5.41) is 9.32. The Morgan fingerprint density at radius 1 is 1.07 bits per heavy atom. The van der Waals surface area contributed by atoms with E-state index in [0.29, 0.717) is 28.1 Å². The molecule has 0 aliphatic carbocycles. The van der Waals surface area contributed by atoms with Crippen molar-refractivity contribution in [1.82, 2.24) is 19.9 Å². The van der Waals surface area contributed by atoms with Gasteiger partial charge in [0.25, 0.3) is 5.89 Å². The monoisotopic (exact) mass is 380 g/mol. The van der Waals surface area contributed by atoms with Gasteiger partial charge >= 0.3 is 0 Å². The van der Waals surface area contributed by atoms with E-state index in [1.54, 1.807) is 25.3 Å². The number of benzene rings is 2. The molecular formula is C20H17ClN4O2. The molecule has 0 saturated heterocycles. The van der Waals surface area contributed by atoms with E-state index in [2.05, 4.69) is 15.2 Å². The first-order chi connectivity index (χ1) is 13.1. The number of aryl methyl sites for hydroxylation is 1. The van der Waals surface area contributed by atoms with Gasteiger partial charge in [0.1, 0.15) is 5.75 Å². The van der Waals surface area contributed by atoms with E-state index in [-0.39, 0.29) is 0 Å². The number of hydrogen-bond acceptors (Lipinski definition) is 5. The smallest absolute Gasteiger partial charge is 0.262 e. The van der Waals surface area contributed by atoms with Crippen LogP contribution >= 0.6 is 11.6 Å². The molecule has 0 aliphatic heterocycles. The highest BCUT2D eigenvalue weighted by Crippen LogP contribution is 2.33. The number of ether oxygens (including phenoxy) is 1. The molecule has 2 aromatic carbocycles. The average molecular weight is 381 g/mol. The third-order valence-corrected chi connectivity index (χ3v) is 4.57. The van der Waals surface area contributed by atoms with Crippen molar-refractivity contribution < 1.29 is 9.26 Å². The van der Waals surface area contributed by atoms with Gasteiger partial charge in [-0.15, -0.1) is 0 Å². The second kappa shape index (κ2) is 6.89. The first-order valence-corrected chi connectivity index (χ1v) is 8.76. The van der Waals surface area contributed by atoms with Crippen LogP contribution < -0.4 is 4.74 Å². The van der Waals surface area contributed by atoms with Crippen LogP contribution in [0.15, 0.2) is 53.1 Å². The molecule has 0 unspecified atom stereocenters. The van der Waals surface area contributed by atoms with E-state index in [1.807, 2.05) is 48.9 Å². The summed E-state index contributed by atoms with van der Waals surface area (Å²) in [5.41, 5.74) is 4.20. The molecule has 0 aliphatic rings. The first-order valence-electron chi connectivity index (χ1n) is 8.38. The second-order valence-electron chi connectivity index (χ2n) is 6.06. The molecule has 0 radical (unpaired) electrons. The molecule has 0 atom stereocenters. The van der Waals surface area contributed by atoms with Gasteiger partial charge < -0.3 is 9.26 Å². The fourth-order valence-electron chi connectivity index (χ4n) is 3.06. The topological polar surface area (TPSA) is 66.0 Å². The van der Waals surface area contributed by atoms with E-state index in [0.717, 1.165) is 22.6 Å². The predicted octanol–water partition coefficient (Wildman–Crippen LogP) is 4.87. The first kappa shape index (κ1) is 17.3. The Balaban J connectivity index is 1.79. The molecule has 7 heteroatoms. The van der Waals surface area contributed by atoms with Crippen LogP contribution in [-0.2, 0) is 0 Å². The van der Waals surface area contributed by atoms with Gasteiger partial charge in [-0.25, -0.2) is 4.68 Å². The summed E-state index contributed by atoms with van der Waals surface area (Å²) in [6.45, 7) is 3.90. The molecule has 6 nitrogen and oxygen atoms in total. The highest BCUT2D eigenvalue weighted by Gasteiger charge is 2.21. The molecule has 2 aromatic heterocycles. The number of para-hydroxylation sites is 1. The summed E-state index contributed by atoms with van der Waals surface area (Å²) in [6, 6.07) is 15.2. The molecular weight excluding hydrogens is 364 g/mol. The molecule has 0 saturated carbocycles. The van der Waals surface area contributed by atoms with Crippen LogP contribution in [0.1, 0.15) is 11.4 Å². The molecule has 0 bridgehead atoms. The highest BCUT2D eigenvalue weighted by molar-refractivity contribution is 6.30. The van der Waals surface area contributed by atoms with Crippen LogP contribution in [0.25, 0.3) is 28.5 Å². The Bertz CT molecular complexity index is 1100. The van der Waals surface area contributed by atoms with E-state index in [1.165, 1.54) is 0 Å². The predicted molar refractivity (Wildman–Crippen MR) is 103 cm³/mol. The maximum absolute atomic E-state index is 6.11. The number of methoxy groups -OCH3 is 1. The Kier molecular flexibility index (Phi) is 4.41. The van der Waals surface area contributed by atoms with Crippen molar-refractivity contribution in [3.8, 4) is 34.3 Å². The zero-order valence-electron chi connectivity index (χ0n) is 15.1. The van der Waals surface area contributed by atoms with Crippen LogP contribution in [0.5, 0.6) is 5.75 Å². The quantitative estimate of drug-likeness (QED) is 0.505. The lowest BCUT2D eigenvalue weighted by Gasteiger charge is -2.04. The Morgan fingerprint density at radius 3 is 2.59 bits per heavy atom. The summed E-state index contributed by atoms with van der Waals surface area (Å²) in [5.74, 6) is 1.44. The minimum atomic E-state index is 0.407. The van der Waals surface area contributed by atoms with E-state index >= 15 is 0 Å². The number of aromatic nitrogens is 4. The van der Waals surface area contributed by atoms with Crippen molar-refractivity contribution in [3.05, 3.63) is 64.9 Å². The largest absolute Gasteiger partial charge is 0.496 e. The van der Waals surface area contributed by atoms with Crippen LogP contribution in [0.3, 0.4) is 0 Å². The van der Waals surface area contributed by atoms with Gasteiger partial charge in [-0.3, -0.25) is 0 Å². The second-order valence-corrected chi connectivity index (χ2v) is 6.50. The van der Waals surface area contributed by atoms with Gasteiger partial charge in [0, 0.05) is 5.02 Å². The molecule has 4 aromatic rings. The zero-order chi connectivity index (χ0) is 19.0. The standard InChI is InChI=1S/C20H17ClN4O2/c1-12-18(13(2)25(23-12)15-7-5-4-6-8-15)20-22-19(24-27-20)16-11-14(21)9-10-17(16)26-3/h4-11H,1-3H3. The average Bonchev–Trinajstić information content (AvgIpc) is 3.26. The van der Waals surface area contributed by atoms with Gasteiger partial charge in [0.05, 0.1) is 35.3 Å². The van der Waals surface area contributed by atoms with Crippen molar-refractivity contribution in [1.29, 1.82) is 0 Å². The van der Waals surface area contributed by atoms with Crippen molar-refractivity contribution in [2.75, 3.05) is 7.11 Å². The van der Waals surface area contributed by atoms with Gasteiger partial charge in [-0.05, 0) is 44.2 Å². The molecule has 4 rings (SSSR count). The zero-order valence-corrected chi connectivity index (χ0v) is 15.9. The van der Waals surface area contributed by atoms with E-state index in [4.69, 9.17) is 20.9 Å². The lowest BCUT2D eigenvalue weighted by molar-refractivity contribution is 0.413. The summed E-state index contributed by atoms with van der Waals surface area (Å²) < 4.78 is 12.8. The molecule has 136 valence electrons. The molecule has 0 fully saturated rings. The number of hydrogen-bond donors (Lipinski definition) is 0. The normalized spacial score (nSPS) is 11.0. The van der Waals surface area contributed by atoms with Gasteiger partial charge in [0.2, 0.25) is 5.82 Å². The Hall–Kier alpha value is -3.12. The fourth-order valence-corrected chi connectivity index (χ4v) is 3.23. The van der Waals surface area contributed by atoms with Crippen LogP contribution in [0.4, 0.5) is 0 Å². The van der Waals surface area contributed by atoms with Gasteiger partial charge in [-0.1, -0.05) is 35.0 Å². The van der Waals surface area contributed by atoms with Crippen molar-refractivity contribution in [3.63, 3.8) is 0 Å². The molecule has 27 heavy (non-hydrogen) atoms. The molecule has 2 heterocycles. The minimum Gasteiger partial charge on any atom is -0.496 e. The summed E-state index contributed by atoms with van der Waals surface area (Å²) in [4.78, 5) is 4.56. The van der Waals surface area contributed by atoms with Gasteiger partial charge in [-0.2, -0.15) is 10.1 Å². The molecule has 0 amide bonds.